The van der Waals surface area contributed by atoms with E-state index in [0.29, 0.717) is 16.7 Å². The van der Waals surface area contributed by atoms with Crippen molar-refractivity contribution < 1.29 is 4.43 Å². The van der Waals surface area contributed by atoms with E-state index in [1.165, 1.54) is 6.33 Å². The quantitative estimate of drug-likeness (QED) is 0.546. The van der Waals surface area contributed by atoms with Gasteiger partial charge >= 0.3 is 0 Å². The van der Waals surface area contributed by atoms with Gasteiger partial charge < -0.3 is 4.43 Å². The molecule has 15 heavy (non-hydrogen) atoms. The van der Waals surface area contributed by atoms with Gasteiger partial charge in [0, 0.05) is 0 Å². The molecule has 0 saturated heterocycles. The van der Waals surface area contributed by atoms with E-state index >= 15 is 0 Å². The molecule has 0 saturated carbocycles. The Morgan fingerprint density at radius 2 is 1.93 bits per heavy atom. The fourth-order valence-electron chi connectivity index (χ4n) is 1.11. The zero-order valence-corrected chi connectivity index (χ0v) is 10.5. The molecule has 7 heteroatoms. The second-order valence-electron chi connectivity index (χ2n) is 4.07. The molecule has 0 N–H and O–H groups in total. The normalized spacial score (nSPS) is 14.2. The summed E-state index contributed by atoms with van der Waals surface area (Å²) in [6, 6.07) is 0. The van der Waals surface area contributed by atoms with E-state index in [4.69, 9.17) is 16.6 Å². The maximum Gasteiger partial charge on any atom is 0.244 e. The summed E-state index contributed by atoms with van der Waals surface area (Å²) in [5.41, 5.74) is 0.503. The van der Waals surface area contributed by atoms with Crippen LogP contribution in [0.25, 0.3) is 0 Å². The second-order valence-corrected chi connectivity index (χ2v) is 8.87. The molecule has 1 aliphatic heterocycles. The van der Waals surface area contributed by atoms with Gasteiger partial charge in [-0.2, -0.15) is 4.99 Å². The van der Waals surface area contributed by atoms with Gasteiger partial charge in [0.15, 0.2) is 10.8 Å². The molecule has 0 fully saturated rings. The minimum atomic E-state index is -1.70. The maximum atomic E-state index is 5.77. The summed E-state index contributed by atoms with van der Waals surface area (Å²) in [5.74, 6) is 0.489. The highest BCUT2D eigenvalue weighted by Gasteiger charge is 2.20. The molecule has 0 amide bonds. The van der Waals surface area contributed by atoms with Crippen LogP contribution in [0.5, 0.6) is 5.88 Å². The van der Waals surface area contributed by atoms with E-state index in [9.17, 15) is 0 Å². The molecular weight excluding hydrogens is 228 g/mol. The molecular formula is C8H10N4OSSi. The average molecular weight is 238 g/mol. The van der Waals surface area contributed by atoms with Crippen molar-refractivity contribution in [2.24, 2.45) is 9.98 Å². The molecule has 0 unspecified atom stereocenters. The molecule has 0 spiro atoms. The molecule has 1 aliphatic rings. The van der Waals surface area contributed by atoms with Crippen LogP contribution >= 0.6 is 12.2 Å². The number of rotatable bonds is 2. The number of thiocarbonyl (C=S) groups is 1. The van der Waals surface area contributed by atoms with Crippen molar-refractivity contribution in [1.82, 2.24) is 9.97 Å². The Morgan fingerprint density at radius 1 is 1.20 bits per heavy atom. The van der Waals surface area contributed by atoms with Crippen molar-refractivity contribution in [3.63, 3.8) is 0 Å². The monoisotopic (exact) mass is 238 g/mol. The first-order valence-electron chi connectivity index (χ1n) is 4.47. The lowest BCUT2D eigenvalue weighted by atomic mass is 10.6. The fraction of sp³-hybridized carbons (Fsp3) is 0.375. The number of nitrogens with zero attached hydrogens (tertiary/aromatic N) is 4. The molecule has 5 nitrogen and oxygen atoms in total. The minimum Gasteiger partial charge on any atom is -0.530 e. The molecule has 1 aromatic heterocycles. The van der Waals surface area contributed by atoms with Crippen LogP contribution in [0, 0.1) is 0 Å². The standard InChI is InChI=1S/C8H10N4OSSi/c1-15(2,3)13-7-5-6(9-4-10-7)12-8(14)11-5/h4H,1-3H3. The van der Waals surface area contributed by atoms with E-state index < -0.39 is 8.32 Å². The Balaban J connectivity index is 2.55. The summed E-state index contributed by atoms with van der Waals surface area (Å²) in [4.78, 5) is 16.1. The SMILES string of the molecule is C[Si](C)(C)Oc1ncnc2c1=NC(=S)N=2. The van der Waals surface area contributed by atoms with Crippen molar-refractivity contribution >= 4 is 25.6 Å². The molecule has 0 bridgehead atoms. The molecule has 1 aromatic rings. The van der Waals surface area contributed by atoms with Crippen LogP contribution in [0.3, 0.4) is 0 Å². The van der Waals surface area contributed by atoms with E-state index in [1.54, 1.807) is 0 Å². The number of fused-ring (bicyclic) bond motifs is 1. The summed E-state index contributed by atoms with van der Waals surface area (Å²) in [6.45, 7) is 6.23. The zero-order valence-electron chi connectivity index (χ0n) is 8.68. The Hall–Kier alpha value is -1.21. The molecule has 2 heterocycles. The maximum absolute atomic E-state index is 5.77. The highest BCUT2D eigenvalue weighted by molar-refractivity contribution is 7.80. The van der Waals surface area contributed by atoms with Crippen LogP contribution in [0.4, 0.5) is 0 Å². The topological polar surface area (TPSA) is 59.7 Å². The summed E-state index contributed by atoms with van der Waals surface area (Å²) >= 11 is 4.88. The second kappa shape index (κ2) is 3.42. The third-order valence-corrected chi connectivity index (χ3v) is 2.57. The summed E-state index contributed by atoms with van der Waals surface area (Å²) in [5, 5.41) is 0.843. The predicted molar refractivity (Wildman–Crippen MR) is 60.9 cm³/mol. The number of hydrogen-bond acceptors (Lipinski definition) is 4. The van der Waals surface area contributed by atoms with Crippen molar-refractivity contribution in [2.75, 3.05) is 0 Å². The lowest BCUT2D eigenvalue weighted by Crippen LogP contribution is -2.36. The highest BCUT2D eigenvalue weighted by atomic mass is 32.1. The van der Waals surface area contributed by atoms with Gasteiger partial charge in [0.05, 0.1) is 0 Å². The first-order valence-corrected chi connectivity index (χ1v) is 8.29. The summed E-state index contributed by atoms with van der Waals surface area (Å²) in [6.07, 6.45) is 1.42. The van der Waals surface area contributed by atoms with E-state index in [2.05, 4.69) is 39.6 Å². The van der Waals surface area contributed by atoms with Gasteiger partial charge in [-0.25, -0.2) is 15.0 Å². The van der Waals surface area contributed by atoms with Gasteiger partial charge in [-0.15, -0.1) is 0 Å². The Labute approximate surface area is 93.1 Å². The number of hydrogen-bond donors (Lipinski definition) is 0. The molecule has 0 aromatic carbocycles. The summed E-state index contributed by atoms with van der Waals surface area (Å²) in [7, 11) is -1.70. The van der Waals surface area contributed by atoms with Crippen LogP contribution < -0.4 is 15.3 Å². The van der Waals surface area contributed by atoms with Gasteiger partial charge in [0.2, 0.25) is 19.3 Å². The smallest absolute Gasteiger partial charge is 0.244 e. The lowest BCUT2D eigenvalue weighted by molar-refractivity contribution is 0.522. The Bertz CT molecular complexity index is 537. The van der Waals surface area contributed by atoms with Gasteiger partial charge in [-0.1, -0.05) is 0 Å². The molecule has 0 radical (unpaired) electrons. The zero-order chi connectivity index (χ0) is 11.1. The molecule has 78 valence electrons. The number of aromatic nitrogens is 2. The Morgan fingerprint density at radius 3 is 2.60 bits per heavy atom. The molecule has 0 atom stereocenters. The van der Waals surface area contributed by atoms with E-state index in [1.807, 2.05) is 0 Å². The van der Waals surface area contributed by atoms with Crippen molar-refractivity contribution in [3.05, 3.63) is 17.2 Å². The summed E-state index contributed by atoms with van der Waals surface area (Å²) < 4.78 is 5.77. The fourth-order valence-corrected chi connectivity index (χ4v) is 2.02. The van der Waals surface area contributed by atoms with Crippen LogP contribution in [0.1, 0.15) is 0 Å². The lowest BCUT2D eigenvalue weighted by Gasteiger charge is -2.17. The van der Waals surface area contributed by atoms with Crippen LogP contribution in [-0.2, 0) is 0 Å². The molecule has 2 rings (SSSR count). The van der Waals surface area contributed by atoms with Crippen molar-refractivity contribution in [3.8, 4) is 5.88 Å². The van der Waals surface area contributed by atoms with Gasteiger partial charge in [-0.3, -0.25) is 0 Å². The first-order chi connectivity index (χ1) is 6.96. The molecule has 0 aliphatic carbocycles. The van der Waals surface area contributed by atoms with E-state index in [-0.39, 0.29) is 5.11 Å². The van der Waals surface area contributed by atoms with Crippen LogP contribution in [0.2, 0.25) is 19.6 Å². The van der Waals surface area contributed by atoms with Gasteiger partial charge in [0.1, 0.15) is 6.33 Å². The van der Waals surface area contributed by atoms with Gasteiger partial charge in [-0.05, 0) is 31.9 Å². The van der Waals surface area contributed by atoms with Crippen LogP contribution in [-0.4, -0.2) is 23.4 Å². The van der Waals surface area contributed by atoms with Crippen molar-refractivity contribution in [2.45, 2.75) is 19.6 Å². The van der Waals surface area contributed by atoms with Crippen LogP contribution in [0.15, 0.2) is 16.3 Å². The average Bonchev–Trinajstić information content (AvgIpc) is 2.43. The van der Waals surface area contributed by atoms with E-state index in [0.717, 1.165) is 0 Å². The predicted octanol–water partition coefficient (Wildman–Crippen LogP) is 0.228. The highest BCUT2D eigenvalue weighted by Crippen LogP contribution is 2.06. The third kappa shape index (κ3) is 2.24. The van der Waals surface area contributed by atoms with Crippen molar-refractivity contribution in [1.29, 1.82) is 0 Å². The first kappa shape index (κ1) is 10.3. The third-order valence-electron chi connectivity index (χ3n) is 1.58. The minimum absolute atomic E-state index is 0.283. The Kier molecular flexibility index (Phi) is 2.35. The largest absolute Gasteiger partial charge is 0.530 e. The van der Waals surface area contributed by atoms with Gasteiger partial charge in [0.25, 0.3) is 0 Å².